The molecule has 1 saturated carbocycles. The predicted molar refractivity (Wildman–Crippen MR) is 104 cm³/mol. The van der Waals surface area contributed by atoms with E-state index in [9.17, 15) is 9.59 Å². The van der Waals surface area contributed by atoms with Crippen molar-refractivity contribution in [2.24, 2.45) is 11.8 Å². The van der Waals surface area contributed by atoms with Gasteiger partial charge in [-0.05, 0) is 25.0 Å². The van der Waals surface area contributed by atoms with E-state index >= 15 is 0 Å². The number of carbonyl (C=O) groups is 2. The number of para-hydroxylation sites is 1. The Labute approximate surface area is 160 Å². The highest BCUT2D eigenvalue weighted by atomic mass is 16.5. The van der Waals surface area contributed by atoms with Gasteiger partial charge in [0.15, 0.2) is 0 Å². The highest BCUT2D eigenvalue weighted by Crippen LogP contribution is 2.40. The lowest BCUT2D eigenvalue weighted by Gasteiger charge is -2.21. The average Bonchev–Trinajstić information content (AvgIpc) is 3.51. The van der Waals surface area contributed by atoms with E-state index in [2.05, 4.69) is 5.32 Å². The Bertz CT molecular complexity index is 791. The lowest BCUT2D eigenvalue weighted by Crippen LogP contribution is -2.34. The zero-order chi connectivity index (χ0) is 19.2. The van der Waals surface area contributed by atoms with Crippen LogP contribution in [0.5, 0.6) is 5.75 Å². The molecule has 0 saturated heterocycles. The Morgan fingerprint density at radius 1 is 1.07 bits per heavy atom. The van der Waals surface area contributed by atoms with Crippen molar-refractivity contribution in [1.29, 1.82) is 0 Å². The zero-order valence-corrected chi connectivity index (χ0v) is 15.9. The number of ether oxygens (including phenoxy) is 1. The summed E-state index contributed by atoms with van der Waals surface area (Å²) in [6, 6.07) is 17.5. The summed E-state index contributed by atoms with van der Waals surface area (Å²) in [5.74, 6) is 0.332. The Morgan fingerprint density at radius 2 is 1.78 bits per heavy atom. The molecule has 0 spiro atoms. The van der Waals surface area contributed by atoms with Gasteiger partial charge in [-0.15, -0.1) is 0 Å². The number of benzene rings is 2. The summed E-state index contributed by atoms with van der Waals surface area (Å²) in [5.41, 5.74) is 2.03. The lowest BCUT2D eigenvalue weighted by molar-refractivity contribution is -0.135. The van der Waals surface area contributed by atoms with Crippen LogP contribution in [0.2, 0.25) is 0 Å². The monoisotopic (exact) mass is 366 g/mol. The van der Waals surface area contributed by atoms with Gasteiger partial charge in [0.1, 0.15) is 5.75 Å². The first-order valence-electron chi connectivity index (χ1n) is 9.36. The largest absolute Gasteiger partial charge is 0.496 e. The molecule has 2 unspecified atom stereocenters. The molecule has 2 aromatic rings. The second-order valence-corrected chi connectivity index (χ2v) is 6.82. The summed E-state index contributed by atoms with van der Waals surface area (Å²) in [5, 5.41) is 2.94. The fraction of sp³-hybridized carbons (Fsp3) is 0.364. The van der Waals surface area contributed by atoms with Gasteiger partial charge in [0.25, 0.3) is 0 Å². The van der Waals surface area contributed by atoms with Gasteiger partial charge < -0.3 is 15.0 Å². The molecular weight excluding hydrogens is 340 g/mol. The molecule has 2 amide bonds. The first-order chi connectivity index (χ1) is 13.1. The van der Waals surface area contributed by atoms with Crippen molar-refractivity contribution in [1.82, 2.24) is 10.2 Å². The first-order valence-corrected chi connectivity index (χ1v) is 9.36. The molecule has 2 aromatic carbocycles. The molecule has 0 aliphatic heterocycles. The quantitative estimate of drug-likeness (QED) is 0.781. The molecule has 0 aromatic heterocycles. The normalized spacial score (nSPS) is 17.9. The van der Waals surface area contributed by atoms with Crippen LogP contribution in [0.3, 0.4) is 0 Å². The maximum atomic E-state index is 12.8. The van der Waals surface area contributed by atoms with Crippen LogP contribution in [-0.4, -0.2) is 30.4 Å². The Morgan fingerprint density at radius 3 is 2.48 bits per heavy atom. The summed E-state index contributed by atoms with van der Waals surface area (Å²) in [4.78, 5) is 27.0. The van der Waals surface area contributed by atoms with Crippen LogP contribution in [0.25, 0.3) is 0 Å². The summed E-state index contributed by atoms with van der Waals surface area (Å²) < 4.78 is 5.30. The van der Waals surface area contributed by atoms with Crippen LogP contribution in [0.1, 0.15) is 24.5 Å². The zero-order valence-electron chi connectivity index (χ0n) is 15.9. The van der Waals surface area contributed by atoms with Gasteiger partial charge in [0.2, 0.25) is 11.8 Å². The minimum Gasteiger partial charge on any atom is -0.496 e. The maximum absolute atomic E-state index is 12.8. The van der Waals surface area contributed by atoms with Crippen molar-refractivity contribution in [3.05, 3.63) is 65.7 Å². The number of methoxy groups -OCH3 is 1. The van der Waals surface area contributed by atoms with Gasteiger partial charge in [-0.25, -0.2) is 0 Å². The number of nitrogens with zero attached hydrogens (tertiary/aromatic N) is 1. The van der Waals surface area contributed by atoms with Crippen LogP contribution < -0.4 is 10.1 Å². The average molecular weight is 366 g/mol. The van der Waals surface area contributed by atoms with Gasteiger partial charge in [-0.1, -0.05) is 48.5 Å². The molecule has 1 fully saturated rings. The lowest BCUT2D eigenvalue weighted by atomic mass is 10.2. The van der Waals surface area contributed by atoms with E-state index in [1.165, 1.54) is 0 Å². The smallest absolute Gasteiger partial charge is 0.226 e. The van der Waals surface area contributed by atoms with E-state index in [0.29, 0.717) is 26.1 Å². The molecule has 0 radical (unpaired) electrons. The Hall–Kier alpha value is -2.82. The van der Waals surface area contributed by atoms with Crippen molar-refractivity contribution in [3.8, 4) is 5.75 Å². The molecule has 3 rings (SSSR count). The van der Waals surface area contributed by atoms with Crippen molar-refractivity contribution in [3.63, 3.8) is 0 Å². The van der Waals surface area contributed by atoms with Crippen LogP contribution in [0.4, 0.5) is 0 Å². The number of hydrogen-bond acceptors (Lipinski definition) is 3. The Balaban J connectivity index is 1.53. The van der Waals surface area contributed by atoms with Crippen molar-refractivity contribution < 1.29 is 14.3 Å². The van der Waals surface area contributed by atoms with Gasteiger partial charge in [0.05, 0.1) is 18.9 Å². The van der Waals surface area contributed by atoms with Crippen molar-refractivity contribution in [2.75, 3.05) is 13.7 Å². The molecule has 1 aliphatic rings. The third kappa shape index (κ3) is 4.67. The van der Waals surface area contributed by atoms with Crippen LogP contribution in [0.15, 0.2) is 54.6 Å². The van der Waals surface area contributed by atoms with E-state index in [0.717, 1.165) is 16.9 Å². The van der Waals surface area contributed by atoms with Crippen molar-refractivity contribution >= 4 is 11.8 Å². The first kappa shape index (κ1) is 19.0. The molecule has 2 atom stereocenters. The fourth-order valence-electron chi connectivity index (χ4n) is 3.30. The topological polar surface area (TPSA) is 58.6 Å². The maximum Gasteiger partial charge on any atom is 0.226 e. The predicted octanol–water partition coefficient (Wildman–Crippen LogP) is 3.00. The third-order valence-electron chi connectivity index (χ3n) is 5.00. The molecule has 142 valence electrons. The number of amides is 2. The number of nitrogens with one attached hydrogen (secondary N) is 1. The van der Waals surface area contributed by atoms with E-state index < -0.39 is 0 Å². The molecule has 1 aliphatic carbocycles. The van der Waals surface area contributed by atoms with Crippen LogP contribution in [-0.2, 0) is 22.7 Å². The molecule has 27 heavy (non-hydrogen) atoms. The fourth-order valence-corrected chi connectivity index (χ4v) is 3.30. The molecule has 0 heterocycles. The standard InChI is InChI=1S/C22H26N2O3/c1-3-24(15-16-9-5-4-6-10-16)22(26)19-13-18(19)21(25)23-14-17-11-7-8-12-20(17)27-2/h4-12,18-19H,3,13-15H2,1-2H3,(H,23,25). The third-order valence-corrected chi connectivity index (χ3v) is 5.00. The number of rotatable bonds is 8. The van der Waals surface area contributed by atoms with Crippen LogP contribution in [0, 0.1) is 11.8 Å². The molecule has 0 bridgehead atoms. The second kappa shape index (κ2) is 8.71. The molecule has 5 heteroatoms. The highest BCUT2D eigenvalue weighted by Gasteiger charge is 2.49. The van der Waals surface area contributed by atoms with Crippen molar-refractivity contribution in [2.45, 2.75) is 26.4 Å². The van der Waals surface area contributed by atoms with Gasteiger partial charge >= 0.3 is 0 Å². The van der Waals surface area contributed by atoms with E-state index in [-0.39, 0.29) is 23.7 Å². The van der Waals surface area contributed by atoms with Gasteiger partial charge in [-0.2, -0.15) is 0 Å². The highest BCUT2D eigenvalue weighted by molar-refractivity contribution is 5.92. The van der Waals surface area contributed by atoms with Gasteiger partial charge in [0, 0.05) is 25.2 Å². The van der Waals surface area contributed by atoms with E-state index in [4.69, 9.17) is 4.74 Å². The van der Waals surface area contributed by atoms with Crippen LogP contribution >= 0.6 is 0 Å². The second-order valence-electron chi connectivity index (χ2n) is 6.82. The minimum atomic E-state index is -0.225. The summed E-state index contributed by atoms with van der Waals surface area (Å²) in [6.45, 7) is 3.60. The number of carbonyl (C=O) groups excluding carboxylic acids is 2. The summed E-state index contributed by atoms with van der Waals surface area (Å²) in [7, 11) is 1.61. The summed E-state index contributed by atoms with van der Waals surface area (Å²) >= 11 is 0. The Kier molecular flexibility index (Phi) is 6.12. The number of hydrogen-bond donors (Lipinski definition) is 1. The van der Waals surface area contributed by atoms with E-state index in [1.54, 1.807) is 7.11 Å². The van der Waals surface area contributed by atoms with Gasteiger partial charge in [-0.3, -0.25) is 9.59 Å². The minimum absolute atomic E-state index is 0.0602. The molecular formula is C22H26N2O3. The van der Waals surface area contributed by atoms with E-state index in [1.807, 2.05) is 66.4 Å². The summed E-state index contributed by atoms with van der Waals surface area (Å²) in [6.07, 6.45) is 0.627. The molecule has 1 N–H and O–H groups in total. The SMILES string of the molecule is CCN(Cc1ccccc1)C(=O)C1CC1C(=O)NCc1ccccc1OC. The molecule has 5 nitrogen and oxygen atoms in total.